The van der Waals surface area contributed by atoms with E-state index in [-0.39, 0.29) is 5.91 Å². The maximum Gasteiger partial charge on any atom is 0.237 e. The van der Waals surface area contributed by atoms with Gasteiger partial charge in [-0.15, -0.1) is 18.3 Å². The number of carbonyl (C=O) groups is 1. The molecule has 16 heavy (non-hydrogen) atoms. The first-order chi connectivity index (χ1) is 7.72. The van der Waals surface area contributed by atoms with Crippen molar-refractivity contribution < 1.29 is 4.79 Å². The fraction of sp³-hybridized carbons (Fsp3) is 0.250. The van der Waals surface area contributed by atoms with Gasteiger partial charge in [0.1, 0.15) is 0 Å². The van der Waals surface area contributed by atoms with Crippen LogP contribution in [0.5, 0.6) is 0 Å². The second kappa shape index (κ2) is 5.06. The highest BCUT2D eigenvalue weighted by Gasteiger charge is 2.23. The molecule has 0 saturated heterocycles. The number of anilines is 1. The van der Waals surface area contributed by atoms with E-state index in [4.69, 9.17) is 0 Å². The van der Waals surface area contributed by atoms with Crippen LogP contribution in [0, 0.1) is 0 Å². The second-order valence-corrected chi connectivity index (χ2v) is 5.46. The normalized spacial score (nSPS) is 14.8. The zero-order valence-corrected chi connectivity index (χ0v) is 11.2. The van der Waals surface area contributed by atoms with E-state index in [0.29, 0.717) is 5.75 Å². The Morgan fingerprint density at radius 3 is 3.12 bits per heavy atom. The molecule has 0 atom stereocenters. The minimum absolute atomic E-state index is 0.182. The van der Waals surface area contributed by atoms with Crippen molar-refractivity contribution in [3.05, 3.63) is 35.3 Å². The van der Waals surface area contributed by atoms with Crippen LogP contribution in [0.2, 0.25) is 0 Å². The molecule has 2 rings (SSSR count). The maximum atomic E-state index is 11.8. The molecule has 0 bridgehead atoms. The van der Waals surface area contributed by atoms with Gasteiger partial charge in [0.15, 0.2) is 0 Å². The highest BCUT2D eigenvalue weighted by Crippen LogP contribution is 2.37. The Bertz CT molecular complexity index is 433. The number of nitrogens with zero attached hydrogens (tertiary/aromatic N) is 1. The fourth-order valence-corrected chi connectivity index (χ4v) is 3.13. The molecule has 0 fully saturated rings. The van der Waals surface area contributed by atoms with Gasteiger partial charge in [-0.05, 0) is 24.6 Å². The molecule has 0 radical (unpaired) electrons. The number of hydrogen-bond donors (Lipinski definition) is 0. The third kappa shape index (κ3) is 2.33. The second-order valence-electron chi connectivity index (χ2n) is 3.52. The van der Waals surface area contributed by atoms with Gasteiger partial charge in [0.2, 0.25) is 5.91 Å². The van der Waals surface area contributed by atoms with E-state index >= 15 is 0 Å². The lowest BCUT2D eigenvalue weighted by molar-refractivity contribution is -0.116. The number of hydrogen-bond acceptors (Lipinski definition) is 2. The van der Waals surface area contributed by atoms with E-state index in [1.807, 2.05) is 23.1 Å². The van der Waals surface area contributed by atoms with Crippen LogP contribution < -0.4 is 4.90 Å². The van der Waals surface area contributed by atoms with Crippen molar-refractivity contribution in [2.24, 2.45) is 0 Å². The van der Waals surface area contributed by atoms with Crippen molar-refractivity contribution in [3.8, 4) is 0 Å². The molecule has 1 aliphatic rings. The zero-order chi connectivity index (χ0) is 11.5. The Kier molecular flexibility index (Phi) is 3.71. The Hall–Kier alpha value is -0.740. The Balaban J connectivity index is 2.32. The quantitative estimate of drug-likeness (QED) is 0.796. The number of thioether (sulfide) groups is 1. The summed E-state index contributed by atoms with van der Waals surface area (Å²) in [6.45, 7) is 4.41. The lowest BCUT2D eigenvalue weighted by atomic mass is 10.2. The Morgan fingerprint density at radius 2 is 2.38 bits per heavy atom. The van der Waals surface area contributed by atoms with Gasteiger partial charge in [-0.1, -0.05) is 22.0 Å². The van der Waals surface area contributed by atoms with Gasteiger partial charge < -0.3 is 4.90 Å². The number of benzene rings is 1. The van der Waals surface area contributed by atoms with Gasteiger partial charge in [0, 0.05) is 15.9 Å². The highest BCUT2D eigenvalue weighted by molar-refractivity contribution is 9.10. The van der Waals surface area contributed by atoms with Gasteiger partial charge in [-0.2, -0.15) is 0 Å². The molecule has 4 heteroatoms. The standard InChI is InChI=1S/C12H12BrNOS/c1-2-3-6-14-10-5-4-9(13)7-11(10)16-8-12(14)15/h2,4-5,7H,1,3,6,8H2. The smallest absolute Gasteiger partial charge is 0.237 e. The average Bonchev–Trinajstić information content (AvgIpc) is 2.28. The summed E-state index contributed by atoms with van der Waals surface area (Å²) >= 11 is 5.05. The molecule has 0 unspecified atom stereocenters. The predicted octanol–water partition coefficient (Wildman–Crippen LogP) is 3.46. The summed E-state index contributed by atoms with van der Waals surface area (Å²) in [5.74, 6) is 0.710. The van der Waals surface area contributed by atoms with Crippen LogP contribution >= 0.6 is 27.7 Å². The molecule has 0 saturated carbocycles. The molecule has 0 aromatic heterocycles. The molecule has 0 spiro atoms. The first-order valence-electron chi connectivity index (χ1n) is 5.06. The molecule has 2 nitrogen and oxygen atoms in total. The predicted molar refractivity (Wildman–Crippen MR) is 72.0 cm³/mol. The van der Waals surface area contributed by atoms with E-state index in [1.54, 1.807) is 11.8 Å². The molecular weight excluding hydrogens is 286 g/mol. The number of rotatable bonds is 3. The van der Waals surface area contributed by atoms with Crippen molar-refractivity contribution in [1.82, 2.24) is 0 Å². The third-order valence-electron chi connectivity index (χ3n) is 2.42. The van der Waals surface area contributed by atoms with Gasteiger partial charge >= 0.3 is 0 Å². The molecular formula is C12H12BrNOS. The minimum atomic E-state index is 0.182. The van der Waals surface area contributed by atoms with Gasteiger partial charge in [0.05, 0.1) is 11.4 Å². The van der Waals surface area contributed by atoms with Crippen molar-refractivity contribution in [3.63, 3.8) is 0 Å². The van der Waals surface area contributed by atoms with Crippen molar-refractivity contribution >= 4 is 39.3 Å². The molecule has 1 aromatic carbocycles. The van der Waals surface area contributed by atoms with Crippen LogP contribution in [0.3, 0.4) is 0 Å². The maximum absolute atomic E-state index is 11.8. The van der Waals surface area contributed by atoms with Crippen molar-refractivity contribution in [1.29, 1.82) is 0 Å². The van der Waals surface area contributed by atoms with E-state index in [9.17, 15) is 4.79 Å². The van der Waals surface area contributed by atoms with E-state index < -0.39 is 0 Å². The van der Waals surface area contributed by atoms with Gasteiger partial charge in [-0.25, -0.2) is 0 Å². The first kappa shape index (κ1) is 11.7. The van der Waals surface area contributed by atoms with Crippen LogP contribution in [0.25, 0.3) is 0 Å². The summed E-state index contributed by atoms with van der Waals surface area (Å²) in [5, 5.41) is 0. The summed E-state index contributed by atoms with van der Waals surface area (Å²) in [4.78, 5) is 14.8. The lowest BCUT2D eigenvalue weighted by Crippen LogP contribution is -2.35. The summed E-state index contributed by atoms with van der Waals surface area (Å²) in [6, 6.07) is 6.03. The number of halogens is 1. The minimum Gasteiger partial charge on any atom is -0.310 e. The van der Waals surface area contributed by atoms with Crippen molar-refractivity contribution in [2.75, 3.05) is 17.2 Å². The van der Waals surface area contributed by atoms with E-state index in [0.717, 1.165) is 28.0 Å². The fourth-order valence-electron chi connectivity index (χ4n) is 1.64. The Morgan fingerprint density at radius 1 is 1.56 bits per heavy atom. The van der Waals surface area contributed by atoms with E-state index in [1.165, 1.54) is 0 Å². The lowest BCUT2D eigenvalue weighted by Gasteiger charge is -2.28. The average molecular weight is 298 g/mol. The largest absolute Gasteiger partial charge is 0.310 e. The number of fused-ring (bicyclic) bond motifs is 1. The molecule has 0 N–H and O–H groups in total. The van der Waals surface area contributed by atoms with Crippen LogP contribution in [-0.2, 0) is 4.79 Å². The van der Waals surface area contributed by atoms with Crippen LogP contribution in [-0.4, -0.2) is 18.2 Å². The molecule has 84 valence electrons. The molecule has 1 aromatic rings. The first-order valence-corrected chi connectivity index (χ1v) is 6.84. The highest BCUT2D eigenvalue weighted by atomic mass is 79.9. The topological polar surface area (TPSA) is 20.3 Å². The monoisotopic (exact) mass is 297 g/mol. The molecule has 1 aliphatic heterocycles. The summed E-state index contributed by atoms with van der Waals surface area (Å²) < 4.78 is 1.05. The Labute approximate surface area is 108 Å². The number of carbonyl (C=O) groups excluding carboxylic acids is 1. The third-order valence-corrected chi connectivity index (χ3v) is 3.94. The van der Waals surface area contributed by atoms with Crippen molar-refractivity contribution in [2.45, 2.75) is 11.3 Å². The summed E-state index contributed by atoms with van der Waals surface area (Å²) in [6.07, 6.45) is 2.67. The van der Waals surface area contributed by atoms with Crippen LogP contribution in [0.15, 0.2) is 40.2 Å². The molecule has 0 aliphatic carbocycles. The summed E-state index contributed by atoms with van der Waals surface area (Å²) in [5.41, 5.74) is 1.02. The SMILES string of the molecule is C=CCCN1C(=O)CSc2cc(Br)ccc21. The summed E-state index contributed by atoms with van der Waals surface area (Å²) in [7, 11) is 0. The van der Waals surface area contributed by atoms with Crippen LogP contribution in [0.1, 0.15) is 6.42 Å². The van der Waals surface area contributed by atoms with Gasteiger partial charge in [-0.3, -0.25) is 4.79 Å². The zero-order valence-electron chi connectivity index (χ0n) is 8.78. The number of amides is 1. The molecule has 1 amide bonds. The van der Waals surface area contributed by atoms with Gasteiger partial charge in [0.25, 0.3) is 0 Å². The van der Waals surface area contributed by atoms with E-state index in [2.05, 4.69) is 28.6 Å². The van der Waals surface area contributed by atoms with Crippen LogP contribution in [0.4, 0.5) is 5.69 Å². The molecule has 1 heterocycles.